The van der Waals surface area contributed by atoms with Gasteiger partial charge < -0.3 is 20.1 Å². The summed E-state index contributed by atoms with van der Waals surface area (Å²) >= 11 is 0. The number of methoxy groups -OCH3 is 2. The first-order valence-electron chi connectivity index (χ1n) is 6.12. The maximum atomic E-state index is 11.8. The van der Waals surface area contributed by atoms with Gasteiger partial charge in [-0.2, -0.15) is 0 Å². The van der Waals surface area contributed by atoms with Gasteiger partial charge in [-0.05, 0) is 17.5 Å². The van der Waals surface area contributed by atoms with E-state index in [-0.39, 0.29) is 11.4 Å². The van der Waals surface area contributed by atoms with Crippen LogP contribution in [0.2, 0.25) is 0 Å². The molecule has 0 aliphatic heterocycles. The lowest BCUT2D eigenvalue weighted by atomic mass is 9.97. The van der Waals surface area contributed by atoms with Crippen molar-refractivity contribution in [3.8, 4) is 11.5 Å². The summed E-state index contributed by atoms with van der Waals surface area (Å²) in [7, 11) is 3.13. The van der Waals surface area contributed by atoms with E-state index in [0.29, 0.717) is 23.7 Å². The molecule has 0 atom stereocenters. The van der Waals surface area contributed by atoms with Gasteiger partial charge in [-0.1, -0.05) is 20.8 Å². The number of amides is 2. The predicted octanol–water partition coefficient (Wildman–Crippen LogP) is 2.87. The van der Waals surface area contributed by atoms with Gasteiger partial charge in [-0.25, -0.2) is 4.79 Å². The Morgan fingerprint density at radius 3 is 2.42 bits per heavy atom. The van der Waals surface area contributed by atoms with Crippen LogP contribution in [0.25, 0.3) is 0 Å². The molecule has 0 fully saturated rings. The molecule has 0 aliphatic rings. The van der Waals surface area contributed by atoms with Crippen molar-refractivity contribution in [1.29, 1.82) is 0 Å². The standard InChI is InChI=1S/C14H22N2O3/c1-14(2,3)9-15-13(17)16-11-8-10(18-4)6-7-12(11)19-5/h6-8H,9H2,1-5H3,(H2,15,16,17). The highest BCUT2D eigenvalue weighted by Gasteiger charge is 2.13. The molecule has 0 saturated carbocycles. The minimum atomic E-state index is -0.263. The van der Waals surface area contributed by atoms with Crippen LogP contribution in [-0.4, -0.2) is 26.8 Å². The summed E-state index contributed by atoms with van der Waals surface area (Å²) in [6.45, 7) is 6.75. The quantitative estimate of drug-likeness (QED) is 0.881. The van der Waals surface area contributed by atoms with Gasteiger partial charge >= 0.3 is 6.03 Å². The fourth-order valence-electron chi connectivity index (χ4n) is 1.42. The molecule has 0 saturated heterocycles. The molecule has 0 aliphatic carbocycles. The predicted molar refractivity (Wildman–Crippen MR) is 76.0 cm³/mol. The lowest BCUT2D eigenvalue weighted by Crippen LogP contribution is -2.35. The fourth-order valence-corrected chi connectivity index (χ4v) is 1.42. The minimum Gasteiger partial charge on any atom is -0.497 e. The van der Waals surface area contributed by atoms with E-state index in [1.165, 1.54) is 0 Å². The molecule has 2 amide bonds. The van der Waals surface area contributed by atoms with Crippen LogP contribution in [0, 0.1) is 5.41 Å². The normalized spacial score (nSPS) is 10.8. The second kappa shape index (κ2) is 6.31. The Morgan fingerprint density at radius 1 is 1.21 bits per heavy atom. The van der Waals surface area contributed by atoms with Gasteiger partial charge in [0.2, 0.25) is 0 Å². The molecule has 5 heteroatoms. The Labute approximate surface area is 114 Å². The van der Waals surface area contributed by atoms with Crippen LogP contribution in [0.4, 0.5) is 10.5 Å². The second-order valence-corrected chi connectivity index (χ2v) is 5.43. The molecule has 2 N–H and O–H groups in total. The molecular formula is C14H22N2O3. The van der Waals surface area contributed by atoms with Crippen LogP contribution in [0.3, 0.4) is 0 Å². The highest BCUT2D eigenvalue weighted by Crippen LogP contribution is 2.28. The SMILES string of the molecule is COc1ccc(OC)c(NC(=O)NCC(C)(C)C)c1. The van der Waals surface area contributed by atoms with E-state index in [9.17, 15) is 4.79 Å². The number of benzene rings is 1. The van der Waals surface area contributed by atoms with Crippen LogP contribution in [0.1, 0.15) is 20.8 Å². The molecule has 0 radical (unpaired) electrons. The van der Waals surface area contributed by atoms with Crippen molar-refractivity contribution in [1.82, 2.24) is 5.32 Å². The van der Waals surface area contributed by atoms with Crippen molar-refractivity contribution in [2.24, 2.45) is 5.41 Å². The van der Waals surface area contributed by atoms with Gasteiger partial charge in [-0.15, -0.1) is 0 Å². The third-order valence-corrected chi connectivity index (χ3v) is 2.43. The highest BCUT2D eigenvalue weighted by atomic mass is 16.5. The van der Waals surface area contributed by atoms with Gasteiger partial charge in [0.15, 0.2) is 0 Å². The number of hydrogen-bond donors (Lipinski definition) is 2. The van der Waals surface area contributed by atoms with Gasteiger partial charge in [0.1, 0.15) is 11.5 Å². The lowest BCUT2D eigenvalue weighted by molar-refractivity contribution is 0.246. The summed E-state index contributed by atoms with van der Waals surface area (Å²) in [5.74, 6) is 1.25. The molecule has 1 aromatic rings. The third-order valence-electron chi connectivity index (χ3n) is 2.43. The van der Waals surface area contributed by atoms with Crippen molar-refractivity contribution in [2.45, 2.75) is 20.8 Å². The van der Waals surface area contributed by atoms with E-state index in [0.717, 1.165) is 0 Å². The van der Waals surface area contributed by atoms with Crippen molar-refractivity contribution < 1.29 is 14.3 Å². The molecule has 0 bridgehead atoms. The topological polar surface area (TPSA) is 59.6 Å². The number of anilines is 1. The van der Waals surface area contributed by atoms with Crippen molar-refractivity contribution in [3.63, 3.8) is 0 Å². The first-order valence-corrected chi connectivity index (χ1v) is 6.12. The zero-order chi connectivity index (χ0) is 14.5. The Morgan fingerprint density at radius 2 is 1.89 bits per heavy atom. The maximum Gasteiger partial charge on any atom is 0.319 e. The summed E-state index contributed by atoms with van der Waals surface area (Å²) in [6.07, 6.45) is 0. The summed E-state index contributed by atoms with van der Waals surface area (Å²) in [4.78, 5) is 11.8. The van der Waals surface area contributed by atoms with Crippen molar-refractivity contribution in [3.05, 3.63) is 18.2 Å². The van der Waals surface area contributed by atoms with Crippen molar-refractivity contribution >= 4 is 11.7 Å². The Bertz CT molecular complexity index is 439. The van der Waals surface area contributed by atoms with Crippen LogP contribution in [-0.2, 0) is 0 Å². The molecule has 19 heavy (non-hydrogen) atoms. The first kappa shape index (κ1) is 15.1. The van der Waals surface area contributed by atoms with Crippen LogP contribution in [0.5, 0.6) is 11.5 Å². The van der Waals surface area contributed by atoms with Gasteiger partial charge in [0.25, 0.3) is 0 Å². The average Bonchev–Trinajstić information content (AvgIpc) is 2.35. The zero-order valence-corrected chi connectivity index (χ0v) is 12.2. The number of ether oxygens (including phenoxy) is 2. The molecule has 0 unspecified atom stereocenters. The number of urea groups is 1. The zero-order valence-electron chi connectivity index (χ0n) is 12.2. The number of hydrogen-bond acceptors (Lipinski definition) is 3. The first-order chi connectivity index (χ1) is 8.85. The number of carbonyl (C=O) groups excluding carboxylic acids is 1. The lowest BCUT2D eigenvalue weighted by Gasteiger charge is -2.19. The number of rotatable bonds is 4. The summed E-state index contributed by atoms with van der Waals surface area (Å²) in [5, 5.41) is 5.57. The molecule has 5 nitrogen and oxygen atoms in total. The molecule has 0 heterocycles. The summed E-state index contributed by atoms with van der Waals surface area (Å²) in [6, 6.07) is 4.98. The Hall–Kier alpha value is -1.91. The highest BCUT2D eigenvalue weighted by molar-refractivity contribution is 5.91. The second-order valence-electron chi connectivity index (χ2n) is 5.43. The summed E-state index contributed by atoms with van der Waals surface area (Å²) < 4.78 is 10.3. The molecule has 0 spiro atoms. The Kier molecular flexibility index (Phi) is 5.03. The molecule has 106 valence electrons. The van der Waals surface area contributed by atoms with Crippen LogP contribution >= 0.6 is 0 Å². The smallest absolute Gasteiger partial charge is 0.319 e. The Balaban J connectivity index is 2.72. The van der Waals surface area contributed by atoms with Crippen LogP contribution < -0.4 is 20.1 Å². The molecule has 1 rings (SSSR count). The van der Waals surface area contributed by atoms with E-state index in [1.54, 1.807) is 32.4 Å². The molecular weight excluding hydrogens is 244 g/mol. The minimum absolute atomic E-state index is 0.0375. The van der Waals surface area contributed by atoms with Crippen molar-refractivity contribution in [2.75, 3.05) is 26.1 Å². The largest absolute Gasteiger partial charge is 0.497 e. The van der Waals surface area contributed by atoms with E-state index < -0.39 is 0 Å². The average molecular weight is 266 g/mol. The third kappa shape index (κ3) is 5.07. The number of carbonyl (C=O) groups is 1. The van der Waals surface area contributed by atoms with Gasteiger partial charge in [0.05, 0.1) is 19.9 Å². The van der Waals surface area contributed by atoms with Gasteiger partial charge in [-0.3, -0.25) is 0 Å². The van der Waals surface area contributed by atoms with E-state index in [4.69, 9.17) is 9.47 Å². The van der Waals surface area contributed by atoms with E-state index >= 15 is 0 Å². The number of nitrogens with one attached hydrogen (secondary N) is 2. The van der Waals surface area contributed by atoms with E-state index in [1.807, 2.05) is 0 Å². The fraction of sp³-hybridized carbons (Fsp3) is 0.500. The molecule has 0 aromatic heterocycles. The van der Waals surface area contributed by atoms with Crippen LogP contribution in [0.15, 0.2) is 18.2 Å². The van der Waals surface area contributed by atoms with Gasteiger partial charge in [0, 0.05) is 12.6 Å². The maximum absolute atomic E-state index is 11.8. The molecule has 1 aromatic carbocycles. The monoisotopic (exact) mass is 266 g/mol. The van der Waals surface area contributed by atoms with E-state index in [2.05, 4.69) is 31.4 Å². The summed E-state index contributed by atoms with van der Waals surface area (Å²) in [5.41, 5.74) is 0.615.